The number of phenols is 1. The zero-order chi connectivity index (χ0) is 22.6. The number of likely N-dealkylation sites (tertiary alicyclic amines) is 1. The molecule has 1 N–H and O–H groups in total. The minimum atomic E-state index is -0.127. The Labute approximate surface area is 193 Å². The quantitative estimate of drug-likeness (QED) is 0.362. The lowest BCUT2D eigenvalue weighted by atomic mass is 9.97. The highest BCUT2D eigenvalue weighted by Crippen LogP contribution is 2.36. The molecule has 1 aliphatic heterocycles. The van der Waals surface area contributed by atoms with Gasteiger partial charge in [-0.1, -0.05) is 36.8 Å². The van der Waals surface area contributed by atoms with E-state index in [-0.39, 0.29) is 11.5 Å². The van der Waals surface area contributed by atoms with Crippen LogP contribution < -0.4 is 4.74 Å². The fraction of sp³-hybridized carbons (Fsp3) is 0.250. The number of piperidine rings is 1. The minimum Gasteiger partial charge on any atom is -0.508 e. The van der Waals surface area contributed by atoms with Gasteiger partial charge < -0.3 is 14.3 Å². The van der Waals surface area contributed by atoms with Crippen LogP contribution in [-0.2, 0) is 0 Å². The Morgan fingerprint density at radius 1 is 0.939 bits per heavy atom. The van der Waals surface area contributed by atoms with Crippen LogP contribution >= 0.6 is 0 Å². The number of hydrogen-bond acceptors (Lipinski definition) is 5. The maximum Gasteiger partial charge on any atom is 0.197 e. The molecule has 33 heavy (non-hydrogen) atoms. The summed E-state index contributed by atoms with van der Waals surface area (Å²) < 4.78 is 11.9. The van der Waals surface area contributed by atoms with Crippen LogP contribution in [0.25, 0.3) is 22.3 Å². The number of ether oxygens (including phenoxy) is 1. The van der Waals surface area contributed by atoms with Crippen molar-refractivity contribution in [2.75, 3.05) is 26.2 Å². The first-order valence-corrected chi connectivity index (χ1v) is 11.5. The number of ketones is 1. The minimum absolute atomic E-state index is 0.0981. The van der Waals surface area contributed by atoms with Gasteiger partial charge in [0.05, 0.1) is 5.56 Å². The smallest absolute Gasteiger partial charge is 0.197 e. The average molecular weight is 442 g/mol. The summed E-state index contributed by atoms with van der Waals surface area (Å²) in [5.74, 6) is 1.23. The lowest BCUT2D eigenvalue weighted by Gasteiger charge is -2.26. The van der Waals surface area contributed by atoms with E-state index < -0.39 is 0 Å². The van der Waals surface area contributed by atoms with Gasteiger partial charge in [0.2, 0.25) is 0 Å². The number of aromatic hydroxyl groups is 1. The van der Waals surface area contributed by atoms with Gasteiger partial charge in [0.25, 0.3) is 0 Å². The number of carbonyl (C=O) groups is 1. The topological polar surface area (TPSA) is 62.9 Å². The van der Waals surface area contributed by atoms with Crippen molar-refractivity contribution >= 4 is 16.8 Å². The van der Waals surface area contributed by atoms with Crippen molar-refractivity contribution in [1.29, 1.82) is 0 Å². The van der Waals surface area contributed by atoms with E-state index in [1.54, 1.807) is 24.3 Å². The summed E-state index contributed by atoms with van der Waals surface area (Å²) >= 11 is 0. The molecule has 0 atom stereocenters. The number of phenolic OH excluding ortho intramolecular Hbond substituents is 1. The Kier molecular flexibility index (Phi) is 6.13. The lowest BCUT2D eigenvalue weighted by Crippen LogP contribution is -2.33. The fourth-order valence-corrected chi connectivity index (χ4v) is 4.43. The molecule has 1 aliphatic rings. The van der Waals surface area contributed by atoms with Gasteiger partial charge in [-0.05, 0) is 62.3 Å². The molecule has 0 saturated carbocycles. The zero-order valence-corrected chi connectivity index (χ0v) is 18.5. The molecular weight excluding hydrogens is 414 g/mol. The highest BCUT2D eigenvalue weighted by atomic mass is 16.5. The lowest BCUT2D eigenvalue weighted by molar-refractivity contribution is 0.104. The van der Waals surface area contributed by atoms with Crippen molar-refractivity contribution in [2.45, 2.75) is 19.3 Å². The number of hydrogen-bond donors (Lipinski definition) is 1. The largest absolute Gasteiger partial charge is 0.508 e. The number of nitrogens with zero attached hydrogens (tertiary/aromatic N) is 1. The Hall–Kier alpha value is -3.57. The molecule has 4 aromatic rings. The van der Waals surface area contributed by atoms with E-state index in [1.165, 1.54) is 25.3 Å². The fourth-order valence-electron chi connectivity index (χ4n) is 4.43. The second kappa shape index (κ2) is 9.51. The van der Waals surface area contributed by atoms with E-state index >= 15 is 0 Å². The van der Waals surface area contributed by atoms with Crippen LogP contribution in [0.4, 0.5) is 0 Å². The third kappa shape index (κ3) is 4.64. The zero-order valence-electron chi connectivity index (χ0n) is 18.5. The van der Waals surface area contributed by atoms with Gasteiger partial charge >= 0.3 is 0 Å². The van der Waals surface area contributed by atoms with E-state index in [2.05, 4.69) is 4.90 Å². The molecule has 5 rings (SSSR count). The monoisotopic (exact) mass is 441 g/mol. The summed E-state index contributed by atoms with van der Waals surface area (Å²) in [6.45, 7) is 3.87. The van der Waals surface area contributed by atoms with Gasteiger partial charge in [-0.15, -0.1) is 0 Å². The van der Waals surface area contributed by atoms with E-state index in [9.17, 15) is 9.90 Å². The van der Waals surface area contributed by atoms with Crippen LogP contribution in [0.5, 0.6) is 11.5 Å². The highest BCUT2D eigenvalue weighted by Gasteiger charge is 2.23. The van der Waals surface area contributed by atoms with Crippen molar-refractivity contribution < 1.29 is 19.1 Å². The molecule has 0 radical (unpaired) electrons. The SMILES string of the molecule is O=C(c1ccc(OCCN2CCCCC2)cc1)c1c(-c2ccccc2)oc2cc(O)ccc12. The van der Waals surface area contributed by atoms with Gasteiger partial charge in [-0.25, -0.2) is 0 Å². The molecule has 0 aliphatic carbocycles. The van der Waals surface area contributed by atoms with Crippen LogP contribution in [0, 0.1) is 0 Å². The Morgan fingerprint density at radius 3 is 2.45 bits per heavy atom. The molecular formula is C28H27NO4. The van der Waals surface area contributed by atoms with E-state index in [0.29, 0.717) is 34.5 Å². The van der Waals surface area contributed by atoms with Gasteiger partial charge in [-0.3, -0.25) is 9.69 Å². The van der Waals surface area contributed by atoms with Crippen molar-refractivity contribution in [1.82, 2.24) is 4.90 Å². The summed E-state index contributed by atoms with van der Waals surface area (Å²) in [7, 11) is 0. The van der Waals surface area contributed by atoms with E-state index in [4.69, 9.17) is 9.15 Å². The number of carbonyl (C=O) groups excluding carboxylic acids is 1. The molecule has 2 heterocycles. The maximum atomic E-state index is 13.6. The third-order valence-electron chi connectivity index (χ3n) is 6.18. The number of fused-ring (bicyclic) bond motifs is 1. The summed E-state index contributed by atoms with van der Waals surface area (Å²) in [6.07, 6.45) is 3.86. The van der Waals surface area contributed by atoms with Gasteiger partial charge in [-0.2, -0.15) is 0 Å². The standard InChI is InChI=1S/C28H27NO4/c30-22-11-14-24-25(19-22)33-28(21-7-3-1-4-8-21)26(24)27(31)20-9-12-23(13-10-20)32-18-17-29-15-5-2-6-16-29/h1,3-4,7-14,19,30H,2,5-6,15-18H2. The van der Waals surface area contributed by atoms with Crippen molar-refractivity contribution in [3.8, 4) is 22.8 Å². The highest BCUT2D eigenvalue weighted by molar-refractivity contribution is 6.19. The Morgan fingerprint density at radius 2 is 1.70 bits per heavy atom. The van der Waals surface area contributed by atoms with Crippen molar-refractivity contribution in [3.05, 3.63) is 83.9 Å². The second-order valence-corrected chi connectivity index (χ2v) is 8.46. The summed E-state index contributed by atoms with van der Waals surface area (Å²) in [5.41, 5.74) is 2.35. The van der Waals surface area contributed by atoms with Gasteiger partial charge in [0, 0.05) is 29.1 Å². The predicted octanol–water partition coefficient (Wildman–Crippen LogP) is 5.90. The molecule has 0 unspecified atom stereocenters. The second-order valence-electron chi connectivity index (χ2n) is 8.46. The molecule has 3 aromatic carbocycles. The Bertz CT molecular complexity index is 1240. The van der Waals surface area contributed by atoms with Crippen molar-refractivity contribution in [3.63, 3.8) is 0 Å². The maximum absolute atomic E-state index is 13.6. The van der Waals surface area contributed by atoms with Crippen LogP contribution in [-0.4, -0.2) is 42.0 Å². The predicted molar refractivity (Wildman–Crippen MR) is 129 cm³/mol. The normalized spacial score (nSPS) is 14.4. The molecule has 5 heteroatoms. The Balaban J connectivity index is 1.38. The summed E-state index contributed by atoms with van der Waals surface area (Å²) in [5, 5.41) is 10.6. The average Bonchev–Trinajstić information content (AvgIpc) is 3.24. The first kappa shape index (κ1) is 21.3. The molecule has 1 fully saturated rings. The van der Waals surface area contributed by atoms with Crippen LogP contribution in [0.15, 0.2) is 77.2 Å². The first-order valence-electron chi connectivity index (χ1n) is 11.5. The first-order chi connectivity index (χ1) is 16.2. The molecule has 1 aromatic heterocycles. The van der Waals surface area contributed by atoms with Crippen molar-refractivity contribution in [2.24, 2.45) is 0 Å². The molecule has 0 spiro atoms. The summed E-state index contributed by atoms with van der Waals surface area (Å²) in [6, 6.07) is 21.7. The molecule has 168 valence electrons. The number of benzene rings is 3. The van der Waals surface area contributed by atoms with E-state index in [0.717, 1.165) is 30.9 Å². The molecule has 0 bridgehead atoms. The van der Waals surface area contributed by atoms with Crippen LogP contribution in [0.2, 0.25) is 0 Å². The van der Waals surface area contributed by atoms with E-state index in [1.807, 2.05) is 42.5 Å². The number of furan rings is 1. The third-order valence-corrected chi connectivity index (χ3v) is 6.18. The molecule has 1 saturated heterocycles. The number of rotatable bonds is 7. The van der Waals surface area contributed by atoms with Crippen LogP contribution in [0.1, 0.15) is 35.2 Å². The summed E-state index contributed by atoms with van der Waals surface area (Å²) in [4.78, 5) is 16.0. The van der Waals surface area contributed by atoms with Gasteiger partial charge in [0.15, 0.2) is 5.78 Å². The van der Waals surface area contributed by atoms with Crippen LogP contribution in [0.3, 0.4) is 0 Å². The molecule has 5 nitrogen and oxygen atoms in total. The molecule has 0 amide bonds. The van der Waals surface area contributed by atoms with Gasteiger partial charge in [0.1, 0.15) is 29.4 Å².